The first-order valence-corrected chi connectivity index (χ1v) is 7.43. The van der Waals surface area contributed by atoms with Crippen LogP contribution < -0.4 is 10.6 Å². The van der Waals surface area contributed by atoms with E-state index in [0.717, 1.165) is 11.4 Å². The summed E-state index contributed by atoms with van der Waals surface area (Å²) in [7, 11) is 0. The molecule has 1 amide bonds. The summed E-state index contributed by atoms with van der Waals surface area (Å²) in [6, 6.07) is 20.1. The Bertz CT molecular complexity index is 787. The van der Waals surface area contributed by atoms with E-state index in [1.54, 1.807) is 36.5 Å². The van der Waals surface area contributed by atoms with Crippen molar-refractivity contribution in [3.05, 3.63) is 83.5 Å². The summed E-state index contributed by atoms with van der Waals surface area (Å²) >= 11 is 5.81. The monoisotopic (exact) mass is 323 g/mol. The molecule has 3 aromatic rings. The Balaban J connectivity index is 1.65. The molecule has 3 rings (SSSR count). The van der Waals surface area contributed by atoms with Gasteiger partial charge in [0.05, 0.1) is 11.9 Å². The molecule has 23 heavy (non-hydrogen) atoms. The Morgan fingerprint density at radius 3 is 2.26 bits per heavy atom. The van der Waals surface area contributed by atoms with Crippen LogP contribution in [0.4, 0.5) is 17.2 Å². The average molecular weight is 324 g/mol. The van der Waals surface area contributed by atoms with E-state index in [1.165, 1.54) is 0 Å². The molecule has 0 spiro atoms. The van der Waals surface area contributed by atoms with E-state index < -0.39 is 0 Å². The Hall–Kier alpha value is -2.85. The molecule has 0 atom stereocenters. The molecule has 114 valence electrons. The molecule has 0 unspecified atom stereocenters. The number of hydrogen-bond acceptors (Lipinski definition) is 3. The standard InChI is InChI=1S/C18H14ClN3O/c19-14-8-6-13(7-9-14)18(23)22-17-11-10-16(12-20-17)21-15-4-2-1-3-5-15/h1-12,21H,(H,20,22,23). The summed E-state index contributed by atoms with van der Waals surface area (Å²) < 4.78 is 0. The number of halogens is 1. The summed E-state index contributed by atoms with van der Waals surface area (Å²) in [4.78, 5) is 16.3. The van der Waals surface area contributed by atoms with Crippen LogP contribution in [0.5, 0.6) is 0 Å². The van der Waals surface area contributed by atoms with Gasteiger partial charge in [0.15, 0.2) is 0 Å². The minimum atomic E-state index is -0.224. The molecule has 0 aliphatic heterocycles. The average Bonchev–Trinajstić information content (AvgIpc) is 2.58. The normalized spacial score (nSPS) is 10.1. The van der Waals surface area contributed by atoms with Crippen LogP contribution in [0, 0.1) is 0 Å². The smallest absolute Gasteiger partial charge is 0.256 e. The number of amides is 1. The fourth-order valence-corrected chi connectivity index (χ4v) is 2.15. The second-order valence-electron chi connectivity index (χ2n) is 4.88. The molecule has 0 bridgehead atoms. The van der Waals surface area contributed by atoms with Crippen LogP contribution >= 0.6 is 11.6 Å². The third-order valence-corrected chi connectivity index (χ3v) is 3.43. The van der Waals surface area contributed by atoms with Gasteiger partial charge >= 0.3 is 0 Å². The predicted molar refractivity (Wildman–Crippen MR) is 93.4 cm³/mol. The van der Waals surface area contributed by atoms with Crippen LogP contribution in [0.2, 0.25) is 5.02 Å². The molecule has 0 aliphatic rings. The van der Waals surface area contributed by atoms with Gasteiger partial charge in [-0.2, -0.15) is 0 Å². The summed E-state index contributed by atoms with van der Waals surface area (Å²) in [5, 5.41) is 6.57. The van der Waals surface area contributed by atoms with Crippen LogP contribution in [0.3, 0.4) is 0 Å². The quantitative estimate of drug-likeness (QED) is 0.729. The van der Waals surface area contributed by atoms with E-state index in [-0.39, 0.29) is 5.91 Å². The van der Waals surface area contributed by atoms with Gasteiger partial charge < -0.3 is 10.6 Å². The fraction of sp³-hybridized carbons (Fsp3) is 0. The highest BCUT2D eigenvalue weighted by molar-refractivity contribution is 6.30. The van der Waals surface area contributed by atoms with Crippen molar-refractivity contribution in [3.63, 3.8) is 0 Å². The minimum Gasteiger partial charge on any atom is -0.354 e. The van der Waals surface area contributed by atoms with E-state index in [4.69, 9.17) is 11.6 Å². The minimum absolute atomic E-state index is 0.224. The number of benzene rings is 2. The Kier molecular flexibility index (Phi) is 4.54. The van der Waals surface area contributed by atoms with E-state index >= 15 is 0 Å². The van der Waals surface area contributed by atoms with Gasteiger partial charge in [0, 0.05) is 16.3 Å². The van der Waals surface area contributed by atoms with E-state index in [9.17, 15) is 4.79 Å². The highest BCUT2D eigenvalue weighted by Gasteiger charge is 2.06. The number of nitrogens with zero attached hydrogens (tertiary/aromatic N) is 1. The maximum Gasteiger partial charge on any atom is 0.256 e. The molecule has 1 aromatic heterocycles. The van der Waals surface area contributed by atoms with Crippen LogP contribution in [0.25, 0.3) is 0 Å². The molecule has 2 aromatic carbocycles. The van der Waals surface area contributed by atoms with Gasteiger partial charge in [-0.05, 0) is 48.5 Å². The lowest BCUT2D eigenvalue weighted by Gasteiger charge is -2.08. The summed E-state index contributed by atoms with van der Waals surface area (Å²) in [5.41, 5.74) is 2.36. The third kappa shape index (κ3) is 4.08. The maximum atomic E-state index is 12.1. The van der Waals surface area contributed by atoms with Gasteiger partial charge in [0.1, 0.15) is 5.82 Å². The number of rotatable bonds is 4. The van der Waals surface area contributed by atoms with E-state index in [0.29, 0.717) is 16.4 Å². The van der Waals surface area contributed by atoms with Crippen molar-refractivity contribution in [2.24, 2.45) is 0 Å². The highest BCUT2D eigenvalue weighted by atomic mass is 35.5. The first-order valence-electron chi connectivity index (χ1n) is 7.06. The first kappa shape index (κ1) is 15.1. The topological polar surface area (TPSA) is 54.0 Å². The summed E-state index contributed by atoms with van der Waals surface area (Å²) in [6.45, 7) is 0. The molecular weight excluding hydrogens is 310 g/mol. The Labute approximate surface area is 139 Å². The Morgan fingerprint density at radius 1 is 0.870 bits per heavy atom. The summed E-state index contributed by atoms with van der Waals surface area (Å²) in [6.07, 6.45) is 1.67. The zero-order valence-electron chi connectivity index (χ0n) is 12.2. The number of aromatic nitrogens is 1. The lowest BCUT2D eigenvalue weighted by molar-refractivity contribution is 0.102. The SMILES string of the molecule is O=C(Nc1ccc(Nc2ccccc2)cn1)c1ccc(Cl)cc1. The second-order valence-corrected chi connectivity index (χ2v) is 5.32. The first-order chi connectivity index (χ1) is 11.2. The second kappa shape index (κ2) is 6.94. The van der Waals surface area contributed by atoms with Crippen molar-refractivity contribution in [2.45, 2.75) is 0 Å². The number of hydrogen-bond donors (Lipinski definition) is 2. The number of carbonyl (C=O) groups excluding carboxylic acids is 1. The molecule has 0 saturated heterocycles. The Morgan fingerprint density at radius 2 is 1.61 bits per heavy atom. The zero-order chi connectivity index (χ0) is 16.1. The van der Waals surface area contributed by atoms with Crippen molar-refractivity contribution in [1.29, 1.82) is 0 Å². The molecule has 0 radical (unpaired) electrons. The van der Waals surface area contributed by atoms with Crippen molar-refractivity contribution >= 4 is 34.7 Å². The number of para-hydroxylation sites is 1. The van der Waals surface area contributed by atoms with Crippen molar-refractivity contribution in [2.75, 3.05) is 10.6 Å². The molecule has 0 fully saturated rings. The van der Waals surface area contributed by atoms with Gasteiger partial charge in [-0.1, -0.05) is 29.8 Å². The van der Waals surface area contributed by atoms with E-state index in [2.05, 4.69) is 15.6 Å². The van der Waals surface area contributed by atoms with Gasteiger partial charge in [-0.15, -0.1) is 0 Å². The van der Waals surface area contributed by atoms with Crippen LogP contribution in [-0.4, -0.2) is 10.9 Å². The highest BCUT2D eigenvalue weighted by Crippen LogP contribution is 2.17. The van der Waals surface area contributed by atoms with Gasteiger partial charge in [0.2, 0.25) is 0 Å². The maximum absolute atomic E-state index is 12.1. The largest absolute Gasteiger partial charge is 0.354 e. The van der Waals surface area contributed by atoms with Crippen molar-refractivity contribution in [1.82, 2.24) is 4.98 Å². The van der Waals surface area contributed by atoms with Crippen molar-refractivity contribution in [3.8, 4) is 0 Å². The van der Waals surface area contributed by atoms with Gasteiger partial charge in [-0.3, -0.25) is 4.79 Å². The third-order valence-electron chi connectivity index (χ3n) is 3.17. The van der Waals surface area contributed by atoms with Gasteiger partial charge in [0.25, 0.3) is 5.91 Å². The van der Waals surface area contributed by atoms with Crippen LogP contribution in [0.15, 0.2) is 72.9 Å². The zero-order valence-corrected chi connectivity index (χ0v) is 12.9. The van der Waals surface area contributed by atoms with E-state index in [1.807, 2.05) is 36.4 Å². The predicted octanol–water partition coefficient (Wildman–Crippen LogP) is 4.73. The molecule has 0 saturated carbocycles. The fourth-order valence-electron chi connectivity index (χ4n) is 2.02. The number of carbonyl (C=O) groups is 1. The summed E-state index contributed by atoms with van der Waals surface area (Å²) in [5.74, 6) is 0.265. The lowest BCUT2D eigenvalue weighted by Crippen LogP contribution is -2.12. The van der Waals surface area contributed by atoms with Crippen molar-refractivity contribution < 1.29 is 4.79 Å². The molecule has 1 heterocycles. The molecule has 2 N–H and O–H groups in total. The van der Waals surface area contributed by atoms with Gasteiger partial charge in [-0.25, -0.2) is 4.98 Å². The number of anilines is 3. The lowest BCUT2D eigenvalue weighted by atomic mass is 10.2. The molecule has 4 nitrogen and oxygen atoms in total. The number of nitrogens with one attached hydrogen (secondary N) is 2. The molecular formula is C18H14ClN3O. The number of pyridine rings is 1. The molecule has 0 aliphatic carbocycles. The molecule has 5 heteroatoms. The van der Waals surface area contributed by atoms with Crippen LogP contribution in [0.1, 0.15) is 10.4 Å². The van der Waals surface area contributed by atoms with Crippen LogP contribution in [-0.2, 0) is 0 Å².